The summed E-state index contributed by atoms with van der Waals surface area (Å²) in [6, 6.07) is -1.11. The van der Waals surface area contributed by atoms with E-state index in [9.17, 15) is 14.7 Å². The molecule has 0 aromatic heterocycles. The van der Waals surface area contributed by atoms with Crippen molar-refractivity contribution in [2.45, 2.75) is 38.0 Å². The average molecular weight is 228 g/mol. The van der Waals surface area contributed by atoms with E-state index in [0.717, 1.165) is 6.42 Å². The summed E-state index contributed by atoms with van der Waals surface area (Å²) < 4.78 is 0. The number of likely N-dealkylation sites (tertiary alicyclic amines) is 1. The summed E-state index contributed by atoms with van der Waals surface area (Å²) in [7, 11) is 0. The highest BCUT2D eigenvalue weighted by atomic mass is 16.4. The Morgan fingerprint density at radius 1 is 1.38 bits per heavy atom. The minimum Gasteiger partial charge on any atom is -0.480 e. The first kappa shape index (κ1) is 11.2. The number of hydrogen-bond acceptors (Lipinski definition) is 3. The summed E-state index contributed by atoms with van der Waals surface area (Å²) in [5.74, 6) is -0.588. The van der Waals surface area contributed by atoms with Gasteiger partial charge in [0.25, 0.3) is 0 Å². The van der Waals surface area contributed by atoms with Crippen molar-refractivity contribution in [3.8, 4) is 0 Å². The van der Waals surface area contributed by atoms with Gasteiger partial charge >= 0.3 is 12.0 Å². The molecule has 3 unspecified atom stereocenters. The molecule has 0 spiro atoms. The third kappa shape index (κ3) is 2.11. The highest BCUT2D eigenvalue weighted by Crippen LogP contribution is 2.29. The van der Waals surface area contributed by atoms with E-state index in [1.807, 2.05) is 6.92 Å². The van der Waals surface area contributed by atoms with Crippen molar-refractivity contribution in [3.63, 3.8) is 0 Å². The molecular formula is C10H16N2O4. The van der Waals surface area contributed by atoms with Gasteiger partial charge in [0.15, 0.2) is 0 Å². The Bertz CT molecular complexity index is 320. The van der Waals surface area contributed by atoms with Crippen molar-refractivity contribution in [1.29, 1.82) is 0 Å². The molecule has 0 radical (unpaired) electrons. The summed E-state index contributed by atoms with van der Waals surface area (Å²) in [4.78, 5) is 23.8. The van der Waals surface area contributed by atoms with Crippen LogP contribution in [0.25, 0.3) is 0 Å². The van der Waals surface area contributed by atoms with Crippen molar-refractivity contribution in [2.24, 2.45) is 5.92 Å². The van der Waals surface area contributed by atoms with Crippen molar-refractivity contribution in [3.05, 3.63) is 0 Å². The molecule has 90 valence electrons. The molecule has 1 aliphatic heterocycles. The second-order valence-electron chi connectivity index (χ2n) is 4.66. The maximum absolute atomic E-state index is 11.7. The highest BCUT2D eigenvalue weighted by Gasteiger charge is 2.41. The minimum absolute atomic E-state index is 0.101. The van der Waals surface area contributed by atoms with Crippen molar-refractivity contribution >= 4 is 12.0 Å². The molecule has 2 fully saturated rings. The Hall–Kier alpha value is -1.30. The molecule has 6 heteroatoms. The van der Waals surface area contributed by atoms with Gasteiger partial charge in [-0.1, -0.05) is 6.92 Å². The monoisotopic (exact) mass is 228 g/mol. The summed E-state index contributed by atoms with van der Waals surface area (Å²) >= 11 is 0. The Kier molecular flexibility index (Phi) is 2.75. The minimum atomic E-state index is -1.06. The number of hydrogen-bond donors (Lipinski definition) is 3. The number of carbonyl (C=O) groups is 2. The number of rotatable bonds is 2. The van der Waals surface area contributed by atoms with Crippen molar-refractivity contribution in [1.82, 2.24) is 10.2 Å². The van der Waals surface area contributed by atoms with Gasteiger partial charge in [-0.05, 0) is 12.3 Å². The quantitative estimate of drug-likeness (QED) is 0.601. The van der Waals surface area contributed by atoms with Crippen LogP contribution < -0.4 is 5.32 Å². The van der Waals surface area contributed by atoms with Gasteiger partial charge in [0, 0.05) is 19.0 Å². The van der Waals surface area contributed by atoms with Crippen molar-refractivity contribution in [2.75, 3.05) is 6.54 Å². The van der Waals surface area contributed by atoms with Crippen molar-refractivity contribution < 1.29 is 19.8 Å². The zero-order chi connectivity index (χ0) is 11.9. The molecule has 2 aliphatic rings. The maximum Gasteiger partial charge on any atom is 0.326 e. The molecule has 4 atom stereocenters. The van der Waals surface area contributed by atoms with Crippen LogP contribution in [0.15, 0.2) is 0 Å². The van der Waals surface area contributed by atoms with Crippen LogP contribution in [0.2, 0.25) is 0 Å². The van der Waals surface area contributed by atoms with E-state index < -0.39 is 18.1 Å². The number of nitrogens with zero attached hydrogens (tertiary/aromatic N) is 1. The third-order valence-corrected chi connectivity index (χ3v) is 3.24. The largest absolute Gasteiger partial charge is 0.480 e. The van der Waals surface area contributed by atoms with Gasteiger partial charge in [-0.25, -0.2) is 9.59 Å². The molecular weight excluding hydrogens is 212 g/mol. The van der Waals surface area contributed by atoms with E-state index in [1.54, 1.807) is 0 Å². The number of aliphatic hydroxyl groups is 1. The van der Waals surface area contributed by atoms with E-state index in [2.05, 4.69) is 5.32 Å². The van der Waals surface area contributed by atoms with E-state index in [1.165, 1.54) is 4.90 Å². The zero-order valence-corrected chi connectivity index (χ0v) is 9.09. The Balaban J connectivity index is 1.95. The third-order valence-electron chi connectivity index (χ3n) is 3.24. The predicted molar refractivity (Wildman–Crippen MR) is 54.9 cm³/mol. The van der Waals surface area contributed by atoms with Crippen LogP contribution >= 0.6 is 0 Å². The number of carbonyl (C=O) groups excluding carboxylic acids is 1. The number of urea groups is 1. The first-order chi connectivity index (χ1) is 7.49. The summed E-state index contributed by atoms with van der Waals surface area (Å²) in [6.45, 7) is 2.13. The standard InChI is InChI=1S/C10H16N2O4/c1-5-2-7(5)11-10(16)12-4-6(13)3-8(12)9(14)15/h5-8,13H,2-4H2,1H3,(H,11,16)(H,14,15)/t5?,6?,7?,8-/m0/s1. The molecule has 1 saturated carbocycles. The van der Waals surface area contributed by atoms with Gasteiger partial charge in [0.1, 0.15) is 6.04 Å². The lowest BCUT2D eigenvalue weighted by Crippen LogP contribution is -2.47. The lowest BCUT2D eigenvalue weighted by atomic mass is 10.2. The Morgan fingerprint density at radius 3 is 2.50 bits per heavy atom. The molecule has 6 nitrogen and oxygen atoms in total. The fourth-order valence-electron chi connectivity index (χ4n) is 2.04. The topological polar surface area (TPSA) is 89.9 Å². The van der Waals surface area contributed by atoms with E-state index in [-0.39, 0.29) is 25.0 Å². The van der Waals surface area contributed by atoms with Crippen LogP contribution in [0.1, 0.15) is 19.8 Å². The van der Waals surface area contributed by atoms with E-state index in [4.69, 9.17) is 5.11 Å². The molecule has 0 aromatic rings. The fraction of sp³-hybridized carbons (Fsp3) is 0.800. The highest BCUT2D eigenvalue weighted by molar-refractivity contribution is 5.83. The summed E-state index contributed by atoms with van der Waals surface area (Å²) in [5, 5.41) is 21.1. The van der Waals surface area contributed by atoms with Crippen LogP contribution in [0, 0.1) is 5.92 Å². The molecule has 2 rings (SSSR count). The van der Waals surface area contributed by atoms with Gasteiger partial charge < -0.3 is 20.4 Å². The molecule has 0 bridgehead atoms. The number of amides is 2. The molecule has 16 heavy (non-hydrogen) atoms. The summed E-state index contributed by atoms with van der Waals surface area (Å²) in [5.41, 5.74) is 0. The second kappa shape index (κ2) is 3.93. The summed E-state index contributed by atoms with van der Waals surface area (Å²) in [6.07, 6.45) is 0.325. The lowest BCUT2D eigenvalue weighted by molar-refractivity contribution is -0.141. The number of nitrogens with one attached hydrogen (secondary N) is 1. The van der Waals surface area contributed by atoms with Crippen LogP contribution in [-0.2, 0) is 4.79 Å². The molecule has 3 N–H and O–H groups in total. The first-order valence-electron chi connectivity index (χ1n) is 5.47. The second-order valence-corrected chi connectivity index (χ2v) is 4.66. The van der Waals surface area contributed by atoms with Gasteiger partial charge in [-0.2, -0.15) is 0 Å². The van der Waals surface area contributed by atoms with Crippen LogP contribution in [-0.4, -0.2) is 51.8 Å². The van der Waals surface area contributed by atoms with Gasteiger partial charge in [-0.3, -0.25) is 0 Å². The van der Waals surface area contributed by atoms with Gasteiger partial charge in [0.05, 0.1) is 6.10 Å². The molecule has 1 aliphatic carbocycles. The number of carboxylic acid groups (broad SMARTS) is 1. The Morgan fingerprint density at radius 2 is 2.00 bits per heavy atom. The Labute approximate surface area is 93.2 Å². The van der Waals surface area contributed by atoms with E-state index >= 15 is 0 Å². The number of β-amino-alcohol motifs (C(OH)–C–C–N with tert-alkyl or cyclic N) is 1. The molecule has 2 amide bonds. The SMILES string of the molecule is CC1CC1NC(=O)N1CC(O)C[C@H]1C(=O)O. The zero-order valence-electron chi connectivity index (χ0n) is 9.09. The van der Waals surface area contributed by atoms with Crippen LogP contribution in [0.3, 0.4) is 0 Å². The predicted octanol–water partition coefficient (Wildman–Crippen LogP) is -0.376. The number of carboxylic acids is 1. The van der Waals surface area contributed by atoms with Crippen LogP contribution in [0.5, 0.6) is 0 Å². The normalized spacial score (nSPS) is 37.2. The first-order valence-corrected chi connectivity index (χ1v) is 5.47. The number of aliphatic hydroxyl groups excluding tert-OH is 1. The lowest BCUT2D eigenvalue weighted by Gasteiger charge is -2.21. The van der Waals surface area contributed by atoms with Gasteiger partial charge in [0.2, 0.25) is 0 Å². The van der Waals surface area contributed by atoms with Gasteiger partial charge in [-0.15, -0.1) is 0 Å². The molecule has 0 aromatic carbocycles. The molecule has 1 heterocycles. The van der Waals surface area contributed by atoms with Crippen LogP contribution in [0.4, 0.5) is 4.79 Å². The maximum atomic E-state index is 11.7. The molecule has 1 saturated heterocycles. The number of aliphatic carboxylic acids is 1. The fourth-order valence-corrected chi connectivity index (χ4v) is 2.04. The smallest absolute Gasteiger partial charge is 0.326 e. The van der Waals surface area contributed by atoms with E-state index in [0.29, 0.717) is 5.92 Å². The average Bonchev–Trinajstić information content (AvgIpc) is 2.74.